The van der Waals surface area contributed by atoms with Crippen molar-refractivity contribution in [3.05, 3.63) is 11.8 Å². The quantitative estimate of drug-likeness (QED) is 0.795. The summed E-state index contributed by atoms with van der Waals surface area (Å²) in [4.78, 5) is 31.7. The Kier molecular flexibility index (Phi) is 5.99. The van der Waals surface area contributed by atoms with Crippen molar-refractivity contribution in [2.45, 2.75) is 70.9 Å². The zero-order valence-electron chi connectivity index (χ0n) is 17.1. The third kappa shape index (κ3) is 4.24. The van der Waals surface area contributed by atoms with Crippen LogP contribution in [0.3, 0.4) is 0 Å². The van der Waals surface area contributed by atoms with E-state index in [0.29, 0.717) is 6.42 Å². The first-order chi connectivity index (χ1) is 13.6. The molecule has 2 aliphatic heterocycles. The fourth-order valence-corrected chi connectivity index (χ4v) is 4.95. The van der Waals surface area contributed by atoms with E-state index in [2.05, 4.69) is 10.00 Å². The van der Waals surface area contributed by atoms with Crippen LogP contribution >= 0.6 is 0 Å². The molecule has 3 heterocycles. The second-order valence-electron chi connectivity index (χ2n) is 8.47. The van der Waals surface area contributed by atoms with Crippen LogP contribution in [0.4, 0.5) is 5.82 Å². The predicted octanol–water partition coefficient (Wildman–Crippen LogP) is 2.19. The van der Waals surface area contributed by atoms with E-state index in [1.807, 2.05) is 22.6 Å². The van der Waals surface area contributed by atoms with Crippen molar-refractivity contribution >= 4 is 17.6 Å². The summed E-state index contributed by atoms with van der Waals surface area (Å²) in [5, 5.41) is 4.44. The Morgan fingerprint density at radius 2 is 1.64 bits per heavy atom. The SMILES string of the molecule is Cc1cc2n(n1)CCCN2C(=O)CCC(=O)N1CCN(C2CCCCC2)CC1. The highest BCUT2D eigenvalue weighted by atomic mass is 16.2. The van der Waals surface area contributed by atoms with Gasteiger partial charge in [-0.1, -0.05) is 19.3 Å². The standard InChI is InChI=1S/C21H33N5O2/c1-17-16-19-25(10-5-11-26(19)22-17)21(28)9-8-20(27)24-14-12-23(13-15-24)18-6-3-2-4-7-18/h16,18H,2-15H2,1H3. The van der Waals surface area contributed by atoms with Gasteiger partial charge in [0.05, 0.1) is 5.69 Å². The molecule has 0 spiro atoms. The molecule has 154 valence electrons. The van der Waals surface area contributed by atoms with Gasteiger partial charge in [-0.2, -0.15) is 5.10 Å². The molecule has 0 N–H and O–H groups in total. The van der Waals surface area contributed by atoms with Crippen LogP contribution in [0.1, 0.15) is 57.1 Å². The monoisotopic (exact) mass is 387 g/mol. The molecule has 1 saturated carbocycles. The molecule has 1 aromatic heterocycles. The lowest BCUT2D eigenvalue weighted by molar-refractivity contribution is -0.135. The molecule has 0 atom stereocenters. The second kappa shape index (κ2) is 8.64. The van der Waals surface area contributed by atoms with Crippen molar-refractivity contribution in [2.24, 2.45) is 0 Å². The summed E-state index contributed by atoms with van der Waals surface area (Å²) in [6.07, 6.45) is 8.21. The molecule has 1 aliphatic carbocycles. The number of hydrogen-bond donors (Lipinski definition) is 0. The van der Waals surface area contributed by atoms with E-state index < -0.39 is 0 Å². The molecule has 3 aliphatic rings. The van der Waals surface area contributed by atoms with E-state index in [1.54, 1.807) is 4.90 Å². The first kappa shape index (κ1) is 19.4. The van der Waals surface area contributed by atoms with E-state index in [1.165, 1.54) is 32.1 Å². The summed E-state index contributed by atoms with van der Waals surface area (Å²) in [7, 11) is 0. The minimum Gasteiger partial charge on any atom is -0.340 e. The molecule has 28 heavy (non-hydrogen) atoms. The van der Waals surface area contributed by atoms with Crippen molar-refractivity contribution in [3.63, 3.8) is 0 Å². The largest absolute Gasteiger partial charge is 0.340 e. The maximum absolute atomic E-state index is 12.7. The number of fused-ring (bicyclic) bond motifs is 1. The van der Waals surface area contributed by atoms with Crippen molar-refractivity contribution in [2.75, 3.05) is 37.6 Å². The van der Waals surface area contributed by atoms with Gasteiger partial charge in [-0.3, -0.25) is 19.4 Å². The molecule has 1 saturated heterocycles. The molecule has 0 radical (unpaired) electrons. The number of nitrogens with zero attached hydrogens (tertiary/aromatic N) is 5. The average molecular weight is 388 g/mol. The summed E-state index contributed by atoms with van der Waals surface area (Å²) in [5.74, 6) is 1.04. The van der Waals surface area contributed by atoms with Gasteiger partial charge in [-0.25, -0.2) is 4.68 Å². The molecule has 2 fully saturated rings. The molecule has 7 heteroatoms. The van der Waals surface area contributed by atoms with Gasteiger partial charge in [0, 0.05) is 64.2 Å². The number of anilines is 1. The number of carbonyl (C=O) groups excluding carboxylic acids is 2. The molecule has 0 unspecified atom stereocenters. The molecule has 0 aromatic carbocycles. The summed E-state index contributed by atoms with van der Waals surface area (Å²) in [6.45, 7) is 7.10. The first-order valence-corrected chi connectivity index (χ1v) is 11.0. The lowest BCUT2D eigenvalue weighted by Gasteiger charge is -2.40. The molecule has 7 nitrogen and oxygen atoms in total. The fourth-order valence-electron chi connectivity index (χ4n) is 4.95. The summed E-state index contributed by atoms with van der Waals surface area (Å²) in [5.41, 5.74) is 0.932. The highest BCUT2D eigenvalue weighted by Gasteiger charge is 2.28. The lowest BCUT2D eigenvalue weighted by atomic mass is 9.94. The van der Waals surface area contributed by atoms with Gasteiger partial charge in [-0.05, 0) is 26.2 Å². The van der Waals surface area contributed by atoms with E-state index in [9.17, 15) is 9.59 Å². The van der Waals surface area contributed by atoms with Crippen LogP contribution in [-0.2, 0) is 16.1 Å². The van der Waals surface area contributed by atoms with Gasteiger partial charge in [0.1, 0.15) is 5.82 Å². The molecular weight excluding hydrogens is 354 g/mol. The molecular formula is C21H33N5O2. The van der Waals surface area contributed by atoms with Crippen molar-refractivity contribution in [3.8, 4) is 0 Å². The van der Waals surface area contributed by atoms with Crippen molar-refractivity contribution < 1.29 is 9.59 Å². The molecule has 1 aromatic rings. The lowest BCUT2D eigenvalue weighted by Crippen LogP contribution is -2.52. The van der Waals surface area contributed by atoms with Gasteiger partial charge >= 0.3 is 0 Å². The number of rotatable bonds is 4. The van der Waals surface area contributed by atoms with Crippen LogP contribution in [0.5, 0.6) is 0 Å². The van der Waals surface area contributed by atoms with Gasteiger partial charge in [0.15, 0.2) is 0 Å². The Morgan fingerprint density at radius 3 is 2.39 bits per heavy atom. The van der Waals surface area contributed by atoms with Gasteiger partial charge in [0.2, 0.25) is 11.8 Å². The van der Waals surface area contributed by atoms with Crippen molar-refractivity contribution in [1.82, 2.24) is 19.6 Å². The smallest absolute Gasteiger partial charge is 0.228 e. The second-order valence-corrected chi connectivity index (χ2v) is 8.47. The minimum absolute atomic E-state index is 0.0371. The normalized spacial score (nSPS) is 21.6. The average Bonchev–Trinajstić information content (AvgIpc) is 3.12. The number of aromatic nitrogens is 2. The number of amides is 2. The highest BCUT2D eigenvalue weighted by molar-refractivity contribution is 5.95. The first-order valence-electron chi connectivity index (χ1n) is 11.0. The zero-order chi connectivity index (χ0) is 19.5. The maximum atomic E-state index is 12.7. The third-order valence-corrected chi connectivity index (χ3v) is 6.52. The van der Waals surface area contributed by atoms with E-state index in [0.717, 1.165) is 63.2 Å². The van der Waals surface area contributed by atoms with Crippen molar-refractivity contribution in [1.29, 1.82) is 0 Å². The zero-order valence-corrected chi connectivity index (χ0v) is 17.1. The Hall–Kier alpha value is -1.89. The topological polar surface area (TPSA) is 61.7 Å². The third-order valence-electron chi connectivity index (χ3n) is 6.52. The number of aryl methyl sites for hydroxylation is 2. The molecule has 4 rings (SSSR count). The Bertz CT molecular complexity index is 702. The van der Waals surface area contributed by atoms with E-state index in [-0.39, 0.29) is 18.2 Å². The van der Waals surface area contributed by atoms with Crippen LogP contribution in [0.25, 0.3) is 0 Å². The van der Waals surface area contributed by atoms with Crippen LogP contribution in [0, 0.1) is 6.92 Å². The summed E-state index contributed by atoms with van der Waals surface area (Å²) in [6, 6.07) is 2.68. The van der Waals surface area contributed by atoms with Crippen LogP contribution in [0.2, 0.25) is 0 Å². The Labute approximate surface area is 167 Å². The Balaban J connectivity index is 1.24. The van der Waals surface area contributed by atoms with Crippen LogP contribution in [-0.4, -0.2) is 70.2 Å². The molecule has 2 amide bonds. The van der Waals surface area contributed by atoms with Gasteiger partial charge in [0.25, 0.3) is 0 Å². The van der Waals surface area contributed by atoms with Crippen LogP contribution < -0.4 is 4.90 Å². The van der Waals surface area contributed by atoms with E-state index in [4.69, 9.17) is 0 Å². The fraction of sp³-hybridized carbons (Fsp3) is 0.762. The predicted molar refractivity (Wildman–Crippen MR) is 108 cm³/mol. The summed E-state index contributed by atoms with van der Waals surface area (Å²) < 4.78 is 1.91. The van der Waals surface area contributed by atoms with Gasteiger partial charge in [-0.15, -0.1) is 0 Å². The number of piperazine rings is 1. The highest BCUT2D eigenvalue weighted by Crippen LogP contribution is 2.24. The number of carbonyl (C=O) groups is 2. The number of hydrogen-bond acceptors (Lipinski definition) is 4. The maximum Gasteiger partial charge on any atom is 0.228 e. The molecule has 0 bridgehead atoms. The van der Waals surface area contributed by atoms with Gasteiger partial charge < -0.3 is 4.90 Å². The van der Waals surface area contributed by atoms with E-state index >= 15 is 0 Å². The minimum atomic E-state index is 0.0371. The summed E-state index contributed by atoms with van der Waals surface area (Å²) >= 11 is 0. The Morgan fingerprint density at radius 1 is 0.929 bits per heavy atom. The van der Waals surface area contributed by atoms with Crippen LogP contribution in [0.15, 0.2) is 6.07 Å².